The number of fused-ring (bicyclic) bond motifs is 1. The molecule has 12 nitrogen and oxygen atoms in total. The number of methoxy groups -OCH3 is 2. The van der Waals surface area contributed by atoms with Gasteiger partial charge >= 0.3 is 0 Å². The Morgan fingerprint density at radius 2 is 1.44 bits per heavy atom. The van der Waals surface area contributed by atoms with Gasteiger partial charge in [0, 0.05) is 12.6 Å². The normalized spacial score (nSPS) is 16.7. The highest BCUT2D eigenvalue weighted by atomic mass is 16.6. The van der Waals surface area contributed by atoms with Crippen LogP contribution in [0.15, 0.2) is 128 Å². The molecule has 0 bridgehead atoms. The number of anilines is 1. The van der Waals surface area contributed by atoms with Crippen LogP contribution >= 0.6 is 0 Å². The molecule has 4 aromatic heterocycles. The number of aromatic nitrogens is 6. The largest absolute Gasteiger partial charge is 0.497 e. The van der Waals surface area contributed by atoms with Crippen molar-refractivity contribution in [1.29, 1.82) is 0 Å². The highest BCUT2D eigenvalue weighted by molar-refractivity contribution is 5.82. The van der Waals surface area contributed by atoms with Crippen molar-refractivity contribution < 1.29 is 24.1 Å². The summed E-state index contributed by atoms with van der Waals surface area (Å²) < 4.78 is 26.4. The summed E-state index contributed by atoms with van der Waals surface area (Å²) in [7, 11) is 3.26. The number of hydrogen-bond donors (Lipinski definition) is 2. The fourth-order valence-corrected chi connectivity index (χ4v) is 6.87. The minimum Gasteiger partial charge on any atom is -0.497 e. The number of nitrogen functional groups attached to an aromatic ring is 1. The number of nitrogens with two attached hydrogens (primary N) is 1. The van der Waals surface area contributed by atoms with E-state index in [4.69, 9.17) is 34.6 Å². The second kappa shape index (κ2) is 15.4. The highest BCUT2D eigenvalue weighted by Gasteiger charge is 2.42. The van der Waals surface area contributed by atoms with Crippen molar-refractivity contribution in [1.82, 2.24) is 29.5 Å². The first-order chi connectivity index (χ1) is 27.0. The predicted molar refractivity (Wildman–Crippen MR) is 206 cm³/mol. The lowest BCUT2D eigenvalue weighted by molar-refractivity contribution is -0.0932. The third-order valence-electron chi connectivity index (χ3n) is 9.61. The van der Waals surface area contributed by atoms with Crippen LogP contribution in [-0.4, -0.2) is 67.6 Å². The number of benzene rings is 3. The molecule has 5 heterocycles. The number of aliphatic hydroxyl groups excluding tert-OH is 1. The van der Waals surface area contributed by atoms with E-state index in [9.17, 15) is 5.11 Å². The van der Waals surface area contributed by atoms with Gasteiger partial charge in [0.2, 0.25) is 0 Å². The van der Waals surface area contributed by atoms with Gasteiger partial charge in [-0.15, -0.1) is 0 Å². The standard InChI is InChI=1S/C43H37N7O5/c1-52-32-19-14-29(15-20-32)43(28-9-4-3-5-10-28,30-16-21-33(53-2)22-17-30)54-26-37-36(51)25-39(55-37)50-38(49-40-41(44)46-27-47-42(40)50)23-18-31-11-8-13-35(48-31)34-12-6-7-24-45-34/h3-17,19-22,24,27,36-37,39,51H,25-26H2,1-2H3,(H2,44,46,47)/t36-,37+,39+/m0/s1. The van der Waals surface area contributed by atoms with Crippen LogP contribution in [0.1, 0.15) is 40.9 Å². The van der Waals surface area contributed by atoms with Crippen LogP contribution in [0.5, 0.6) is 11.5 Å². The molecule has 0 unspecified atom stereocenters. The van der Waals surface area contributed by atoms with Gasteiger partial charge in [0.05, 0.1) is 38.3 Å². The highest BCUT2D eigenvalue weighted by Crippen LogP contribution is 2.43. The van der Waals surface area contributed by atoms with Gasteiger partial charge in [0.25, 0.3) is 0 Å². The summed E-state index contributed by atoms with van der Waals surface area (Å²) in [6, 6.07) is 36.7. The van der Waals surface area contributed by atoms with Crippen LogP contribution in [0.3, 0.4) is 0 Å². The zero-order chi connectivity index (χ0) is 37.8. The van der Waals surface area contributed by atoms with Gasteiger partial charge < -0.3 is 29.8 Å². The van der Waals surface area contributed by atoms with Crippen molar-refractivity contribution in [2.75, 3.05) is 26.6 Å². The summed E-state index contributed by atoms with van der Waals surface area (Å²) in [6.07, 6.45) is 0.965. The molecule has 55 heavy (non-hydrogen) atoms. The monoisotopic (exact) mass is 731 g/mol. The van der Waals surface area contributed by atoms with E-state index in [1.807, 2.05) is 115 Å². The predicted octanol–water partition coefficient (Wildman–Crippen LogP) is 5.94. The molecule has 1 aliphatic heterocycles. The molecule has 3 N–H and O–H groups in total. The van der Waals surface area contributed by atoms with E-state index in [-0.39, 0.29) is 18.8 Å². The number of nitrogens with zero attached hydrogens (tertiary/aromatic N) is 6. The first-order valence-corrected chi connectivity index (χ1v) is 17.7. The van der Waals surface area contributed by atoms with E-state index >= 15 is 0 Å². The molecular weight excluding hydrogens is 695 g/mol. The van der Waals surface area contributed by atoms with Gasteiger partial charge in [0.15, 0.2) is 22.8 Å². The topological polar surface area (TPSA) is 153 Å². The Hall–Kier alpha value is -6.65. The maximum atomic E-state index is 11.6. The van der Waals surface area contributed by atoms with Crippen molar-refractivity contribution in [3.8, 4) is 34.7 Å². The van der Waals surface area contributed by atoms with Crippen molar-refractivity contribution >= 4 is 17.0 Å². The van der Waals surface area contributed by atoms with Gasteiger partial charge in [0.1, 0.15) is 41.5 Å². The van der Waals surface area contributed by atoms with Crippen molar-refractivity contribution in [3.05, 3.63) is 156 Å². The number of ether oxygens (including phenoxy) is 4. The molecule has 3 aromatic carbocycles. The Bertz CT molecular complexity index is 2420. The van der Waals surface area contributed by atoms with Crippen molar-refractivity contribution in [2.24, 2.45) is 0 Å². The summed E-state index contributed by atoms with van der Waals surface area (Å²) in [4.78, 5) is 22.5. The number of rotatable bonds is 10. The maximum Gasteiger partial charge on any atom is 0.190 e. The fraction of sp³-hybridized carbons (Fsp3) is 0.186. The second-order valence-corrected chi connectivity index (χ2v) is 12.9. The lowest BCUT2D eigenvalue weighted by Gasteiger charge is -2.37. The van der Waals surface area contributed by atoms with E-state index in [0.717, 1.165) is 22.4 Å². The van der Waals surface area contributed by atoms with Crippen LogP contribution < -0.4 is 15.2 Å². The molecule has 274 valence electrons. The molecule has 0 saturated carbocycles. The van der Waals surface area contributed by atoms with Crippen LogP contribution in [0.4, 0.5) is 5.82 Å². The van der Waals surface area contributed by atoms with Crippen LogP contribution in [0.25, 0.3) is 22.6 Å². The van der Waals surface area contributed by atoms with Gasteiger partial charge in [-0.3, -0.25) is 9.55 Å². The summed E-state index contributed by atoms with van der Waals surface area (Å²) in [5.41, 5.74) is 10.5. The smallest absolute Gasteiger partial charge is 0.190 e. The van der Waals surface area contributed by atoms with E-state index in [2.05, 4.69) is 26.8 Å². The third-order valence-corrected chi connectivity index (χ3v) is 9.61. The number of hydrogen-bond acceptors (Lipinski definition) is 11. The summed E-state index contributed by atoms with van der Waals surface area (Å²) in [5.74, 6) is 8.25. The molecule has 1 saturated heterocycles. The number of pyridine rings is 2. The van der Waals surface area contributed by atoms with Gasteiger partial charge in [-0.05, 0) is 77.1 Å². The van der Waals surface area contributed by atoms with Gasteiger partial charge in [-0.25, -0.2) is 19.9 Å². The zero-order valence-corrected chi connectivity index (χ0v) is 30.1. The van der Waals surface area contributed by atoms with Crippen molar-refractivity contribution in [2.45, 2.75) is 30.5 Å². The quantitative estimate of drug-likeness (QED) is 0.127. The van der Waals surface area contributed by atoms with Crippen molar-refractivity contribution in [3.63, 3.8) is 0 Å². The maximum absolute atomic E-state index is 11.6. The van der Waals surface area contributed by atoms with E-state index < -0.39 is 24.0 Å². The molecule has 1 fully saturated rings. The Morgan fingerprint density at radius 1 is 0.764 bits per heavy atom. The molecule has 0 amide bonds. The first-order valence-electron chi connectivity index (χ1n) is 17.7. The lowest BCUT2D eigenvalue weighted by atomic mass is 9.80. The molecule has 0 aliphatic carbocycles. The van der Waals surface area contributed by atoms with Crippen LogP contribution in [0, 0.1) is 11.8 Å². The van der Waals surface area contributed by atoms with Crippen LogP contribution in [0.2, 0.25) is 0 Å². The van der Waals surface area contributed by atoms with E-state index in [1.54, 1.807) is 25.0 Å². The second-order valence-electron chi connectivity index (χ2n) is 12.9. The molecular formula is C43H37N7O5. The molecule has 1 aliphatic rings. The lowest BCUT2D eigenvalue weighted by Crippen LogP contribution is -2.38. The van der Waals surface area contributed by atoms with Crippen LogP contribution in [-0.2, 0) is 15.1 Å². The minimum absolute atomic E-state index is 0.0274. The average molecular weight is 732 g/mol. The molecule has 3 atom stereocenters. The number of aliphatic hydroxyl groups is 1. The number of imidazole rings is 1. The summed E-state index contributed by atoms with van der Waals surface area (Å²) in [6.45, 7) is 0.0274. The Kier molecular flexibility index (Phi) is 9.89. The van der Waals surface area contributed by atoms with E-state index in [0.29, 0.717) is 39.9 Å². The zero-order valence-electron chi connectivity index (χ0n) is 30.1. The minimum atomic E-state index is -1.10. The molecule has 0 spiro atoms. The van der Waals surface area contributed by atoms with Gasteiger partial charge in [-0.2, -0.15) is 0 Å². The van der Waals surface area contributed by atoms with Gasteiger partial charge in [-0.1, -0.05) is 66.7 Å². The van der Waals surface area contributed by atoms with E-state index in [1.165, 1.54) is 6.33 Å². The summed E-state index contributed by atoms with van der Waals surface area (Å²) >= 11 is 0. The third kappa shape index (κ3) is 6.95. The average Bonchev–Trinajstić information content (AvgIpc) is 3.81. The summed E-state index contributed by atoms with van der Waals surface area (Å²) in [5, 5.41) is 11.6. The Morgan fingerprint density at radius 3 is 2.11 bits per heavy atom. The molecule has 0 radical (unpaired) electrons. The molecule has 7 aromatic rings. The Balaban J connectivity index is 1.14. The fourth-order valence-electron chi connectivity index (χ4n) is 6.87. The SMILES string of the molecule is COc1ccc(C(OC[C@H]2O[C@@H](n3c(C#Cc4cccc(-c5ccccn5)n4)nc4c(N)ncnc43)C[C@@H]2O)(c2ccccc2)c2ccc(OC)cc2)cc1. The molecule has 12 heteroatoms. The molecule has 8 rings (SSSR count). The first kappa shape index (κ1) is 35.4. The Labute approximate surface area is 317 Å².